The highest BCUT2D eigenvalue weighted by atomic mass is 16.5. The van der Waals surface area contributed by atoms with E-state index in [1.807, 2.05) is 38.1 Å². The van der Waals surface area contributed by atoms with Gasteiger partial charge in [-0.1, -0.05) is 18.2 Å². The lowest BCUT2D eigenvalue weighted by atomic mass is 9.92. The van der Waals surface area contributed by atoms with Gasteiger partial charge in [0.1, 0.15) is 11.4 Å². The second-order valence-electron chi connectivity index (χ2n) is 4.44. The molecule has 1 atom stereocenters. The van der Waals surface area contributed by atoms with Gasteiger partial charge in [0.25, 0.3) is 0 Å². The summed E-state index contributed by atoms with van der Waals surface area (Å²) in [5.74, 6) is 0.811. The van der Waals surface area contributed by atoms with Gasteiger partial charge >= 0.3 is 0 Å². The van der Waals surface area contributed by atoms with Crippen molar-refractivity contribution in [1.29, 1.82) is 0 Å². The number of para-hydroxylation sites is 1. The molecule has 0 fully saturated rings. The van der Waals surface area contributed by atoms with Gasteiger partial charge in [0, 0.05) is 18.6 Å². The summed E-state index contributed by atoms with van der Waals surface area (Å²) in [5.41, 5.74) is 0.648. The molecule has 1 unspecified atom stereocenters. The normalized spacial score (nSPS) is 21.2. The van der Waals surface area contributed by atoms with E-state index in [1.165, 1.54) is 0 Å². The minimum absolute atomic E-state index is 0.250. The Bertz CT molecular complexity index is 334. The first-order valence-electron chi connectivity index (χ1n) is 5.57. The van der Waals surface area contributed by atoms with Crippen molar-refractivity contribution in [1.82, 2.24) is 0 Å². The van der Waals surface area contributed by atoms with Gasteiger partial charge in [-0.3, -0.25) is 0 Å². The van der Waals surface area contributed by atoms with Crippen molar-refractivity contribution in [2.24, 2.45) is 0 Å². The van der Waals surface area contributed by atoms with E-state index in [0.29, 0.717) is 6.42 Å². The Labute approximate surface area is 96.7 Å². The van der Waals surface area contributed by atoms with Crippen molar-refractivity contribution in [2.45, 2.75) is 38.9 Å². The van der Waals surface area contributed by atoms with Crippen LogP contribution in [0.3, 0.4) is 0 Å². The zero-order valence-corrected chi connectivity index (χ0v) is 10.1. The molecule has 1 heterocycles. The molecule has 0 spiro atoms. The first-order valence-corrected chi connectivity index (χ1v) is 5.57. The average molecular weight is 224 g/mol. The number of ether oxygens (including phenoxy) is 1. The van der Waals surface area contributed by atoms with Gasteiger partial charge in [0.2, 0.25) is 0 Å². The first kappa shape index (κ1) is 13.0. The molecule has 0 saturated carbocycles. The van der Waals surface area contributed by atoms with E-state index in [4.69, 9.17) is 9.84 Å². The van der Waals surface area contributed by atoms with Crippen LogP contribution in [0.1, 0.15) is 38.9 Å². The minimum Gasteiger partial charge on any atom is -0.487 e. The highest BCUT2D eigenvalue weighted by molar-refractivity contribution is 5.37. The van der Waals surface area contributed by atoms with Crippen LogP contribution in [0.4, 0.5) is 0 Å². The Kier molecular flexibility index (Phi) is 4.33. The number of aliphatic hydroxyl groups is 2. The number of hydrogen-bond acceptors (Lipinski definition) is 3. The van der Waals surface area contributed by atoms with E-state index in [9.17, 15) is 5.11 Å². The Morgan fingerprint density at radius 2 is 1.94 bits per heavy atom. The lowest BCUT2D eigenvalue weighted by Gasteiger charge is -2.35. The standard InChI is InChI=1S/C11H14O2.C2H6O/c1-11(2)7-9(12)8-5-3-4-6-10(8)13-11;1-2-3/h3-6,9,12H,7H2,1-2H3;3H,2H2,1H3. The van der Waals surface area contributed by atoms with E-state index in [-0.39, 0.29) is 18.3 Å². The third-order valence-corrected chi connectivity index (χ3v) is 2.35. The molecule has 0 bridgehead atoms. The van der Waals surface area contributed by atoms with Gasteiger partial charge < -0.3 is 14.9 Å². The van der Waals surface area contributed by atoms with Crippen LogP contribution in [0.2, 0.25) is 0 Å². The highest BCUT2D eigenvalue weighted by Crippen LogP contribution is 2.38. The van der Waals surface area contributed by atoms with Crippen LogP contribution >= 0.6 is 0 Å². The van der Waals surface area contributed by atoms with Crippen LogP contribution in [0.15, 0.2) is 24.3 Å². The largest absolute Gasteiger partial charge is 0.487 e. The molecule has 3 heteroatoms. The molecule has 2 rings (SSSR count). The van der Waals surface area contributed by atoms with Crippen molar-refractivity contribution in [2.75, 3.05) is 6.61 Å². The SMILES string of the molecule is CC1(C)CC(O)c2ccccc2O1.CCO. The van der Waals surface area contributed by atoms with E-state index >= 15 is 0 Å². The van der Waals surface area contributed by atoms with Crippen molar-refractivity contribution < 1.29 is 14.9 Å². The van der Waals surface area contributed by atoms with E-state index < -0.39 is 0 Å². The summed E-state index contributed by atoms with van der Waals surface area (Å²) < 4.78 is 5.73. The number of aliphatic hydroxyl groups excluding tert-OH is 2. The molecular weight excluding hydrogens is 204 g/mol. The van der Waals surface area contributed by atoms with Crippen molar-refractivity contribution in [3.8, 4) is 5.75 Å². The summed E-state index contributed by atoms with van der Waals surface area (Å²) in [4.78, 5) is 0. The van der Waals surface area contributed by atoms with Crippen molar-refractivity contribution in [3.63, 3.8) is 0 Å². The Balaban J connectivity index is 0.000000386. The van der Waals surface area contributed by atoms with Crippen LogP contribution in [-0.2, 0) is 0 Å². The number of hydrogen-bond donors (Lipinski definition) is 2. The van der Waals surface area contributed by atoms with Crippen LogP contribution in [0, 0.1) is 0 Å². The number of rotatable bonds is 0. The molecule has 16 heavy (non-hydrogen) atoms. The third kappa shape index (κ3) is 3.22. The van der Waals surface area contributed by atoms with Crippen LogP contribution in [0.5, 0.6) is 5.75 Å². The van der Waals surface area contributed by atoms with Crippen LogP contribution in [-0.4, -0.2) is 22.4 Å². The predicted molar refractivity (Wildman–Crippen MR) is 63.5 cm³/mol. The maximum atomic E-state index is 9.82. The lowest BCUT2D eigenvalue weighted by molar-refractivity contribution is 0.0115. The molecular formula is C13H20O3. The quantitative estimate of drug-likeness (QED) is 0.710. The maximum Gasteiger partial charge on any atom is 0.125 e. The molecule has 1 aromatic rings. The third-order valence-electron chi connectivity index (χ3n) is 2.35. The van der Waals surface area contributed by atoms with E-state index in [2.05, 4.69) is 0 Å². The summed E-state index contributed by atoms with van der Waals surface area (Å²) in [6.45, 7) is 5.92. The molecule has 2 N–H and O–H groups in total. The second kappa shape index (κ2) is 5.32. The van der Waals surface area contributed by atoms with E-state index in [1.54, 1.807) is 6.92 Å². The fourth-order valence-corrected chi connectivity index (χ4v) is 1.76. The van der Waals surface area contributed by atoms with E-state index in [0.717, 1.165) is 11.3 Å². The summed E-state index contributed by atoms with van der Waals surface area (Å²) >= 11 is 0. The molecule has 0 amide bonds. The smallest absolute Gasteiger partial charge is 0.125 e. The van der Waals surface area contributed by atoms with Gasteiger partial charge in [-0.15, -0.1) is 0 Å². The minimum atomic E-state index is -0.389. The second-order valence-corrected chi connectivity index (χ2v) is 4.44. The average Bonchev–Trinajstić information content (AvgIpc) is 2.17. The lowest BCUT2D eigenvalue weighted by Crippen LogP contribution is -2.34. The number of benzene rings is 1. The summed E-state index contributed by atoms with van der Waals surface area (Å²) in [6.07, 6.45) is 0.268. The van der Waals surface area contributed by atoms with Gasteiger partial charge in [0.05, 0.1) is 6.10 Å². The molecule has 1 aliphatic rings. The topological polar surface area (TPSA) is 49.7 Å². The summed E-state index contributed by atoms with van der Waals surface area (Å²) in [6, 6.07) is 7.66. The first-order chi connectivity index (χ1) is 7.50. The molecule has 3 nitrogen and oxygen atoms in total. The summed E-state index contributed by atoms with van der Waals surface area (Å²) in [7, 11) is 0. The van der Waals surface area contributed by atoms with Crippen molar-refractivity contribution >= 4 is 0 Å². The van der Waals surface area contributed by atoms with Gasteiger partial charge in [-0.2, -0.15) is 0 Å². The highest BCUT2D eigenvalue weighted by Gasteiger charge is 2.31. The molecule has 0 aliphatic carbocycles. The maximum absolute atomic E-state index is 9.82. The van der Waals surface area contributed by atoms with Gasteiger partial charge in [-0.05, 0) is 26.8 Å². The molecule has 1 aliphatic heterocycles. The summed E-state index contributed by atoms with van der Waals surface area (Å²) in [5, 5.41) is 17.4. The Morgan fingerprint density at radius 1 is 1.38 bits per heavy atom. The van der Waals surface area contributed by atoms with Gasteiger partial charge in [0.15, 0.2) is 0 Å². The van der Waals surface area contributed by atoms with Crippen molar-refractivity contribution in [3.05, 3.63) is 29.8 Å². The Morgan fingerprint density at radius 3 is 2.56 bits per heavy atom. The predicted octanol–water partition coefficient (Wildman–Crippen LogP) is 2.28. The molecule has 90 valence electrons. The van der Waals surface area contributed by atoms with Crippen LogP contribution in [0.25, 0.3) is 0 Å². The fourth-order valence-electron chi connectivity index (χ4n) is 1.76. The zero-order chi connectivity index (χ0) is 12.2. The number of fused-ring (bicyclic) bond motifs is 1. The Hall–Kier alpha value is -1.06. The zero-order valence-electron chi connectivity index (χ0n) is 10.1. The van der Waals surface area contributed by atoms with Gasteiger partial charge in [-0.25, -0.2) is 0 Å². The fraction of sp³-hybridized carbons (Fsp3) is 0.538. The molecule has 0 radical (unpaired) electrons. The molecule has 0 aromatic heterocycles. The monoisotopic (exact) mass is 224 g/mol. The van der Waals surface area contributed by atoms with Crippen LogP contribution < -0.4 is 4.74 Å². The molecule has 1 aromatic carbocycles. The molecule has 0 saturated heterocycles.